The zero-order valence-electron chi connectivity index (χ0n) is 8.77. The van der Waals surface area contributed by atoms with Crippen LogP contribution in [0.15, 0.2) is 0 Å². The van der Waals surface area contributed by atoms with Crippen molar-refractivity contribution in [1.82, 2.24) is 0 Å². The minimum absolute atomic E-state index is 0.0860. The lowest BCUT2D eigenvalue weighted by Gasteiger charge is -2.09. The third kappa shape index (κ3) is 1.50. The van der Waals surface area contributed by atoms with Crippen molar-refractivity contribution >= 4 is 0 Å². The summed E-state index contributed by atoms with van der Waals surface area (Å²) in [5.74, 6) is -0.0860. The van der Waals surface area contributed by atoms with Gasteiger partial charge in [0.05, 0.1) is 0 Å². The summed E-state index contributed by atoms with van der Waals surface area (Å²) in [7, 11) is 0. The minimum atomic E-state index is -0.0860. The lowest BCUT2D eigenvalue weighted by molar-refractivity contribution is 0.226. The van der Waals surface area contributed by atoms with Gasteiger partial charge in [0.2, 0.25) is 5.79 Å². The highest BCUT2D eigenvalue weighted by Gasteiger charge is 2.78. The van der Waals surface area contributed by atoms with Gasteiger partial charge in [-0.3, -0.25) is 0 Å². The van der Waals surface area contributed by atoms with Crippen LogP contribution in [0, 0.1) is 0 Å². The molecule has 13 heavy (non-hydrogen) atoms. The molecule has 0 aromatic heterocycles. The predicted molar refractivity (Wildman–Crippen MR) is 51.5 cm³/mol. The van der Waals surface area contributed by atoms with E-state index in [1.54, 1.807) is 0 Å². The quantitative estimate of drug-likeness (QED) is 0.593. The van der Waals surface area contributed by atoms with Crippen LogP contribution in [0.3, 0.4) is 0 Å². The number of epoxide rings is 2. The molecule has 2 aliphatic rings. The Bertz CT molecular complexity index is 177. The predicted octanol–water partition coefficient (Wildman–Crippen LogP) is 2.86. The first-order valence-corrected chi connectivity index (χ1v) is 5.63. The molecule has 76 valence electrons. The summed E-state index contributed by atoms with van der Waals surface area (Å²) in [6.45, 7) is 5.31. The van der Waals surface area contributed by atoms with Gasteiger partial charge in [-0.25, -0.2) is 0 Å². The van der Waals surface area contributed by atoms with E-state index in [2.05, 4.69) is 13.8 Å². The van der Waals surface area contributed by atoms with Gasteiger partial charge in [-0.2, -0.15) is 0 Å². The fraction of sp³-hybridized carbons (Fsp3) is 1.00. The number of rotatable bonds is 6. The molecule has 1 spiro atoms. The Balaban J connectivity index is 1.83. The second-order valence-electron chi connectivity index (χ2n) is 4.35. The molecule has 2 aliphatic heterocycles. The first kappa shape index (κ1) is 9.47. The van der Waals surface area contributed by atoms with Gasteiger partial charge < -0.3 is 9.47 Å². The molecule has 0 bridgehead atoms. The van der Waals surface area contributed by atoms with Crippen molar-refractivity contribution in [2.45, 2.75) is 63.8 Å². The van der Waals surface area contributed by atoms with Crippen molar-refractivity contribution < 1.29 is 9.47 Å². The third-order valence-corrected chi connectivity index (χ3v) is 3.29. The Morgan fingerprint density at radius 3 is 1.92 bits per heavy atom. The van der Waals surface area contributed by atoms with Gasteiger partial charge in [0.15, 0.2) is 0 Å². The van der Waals surface area contributed by atoms with Crippen LogP contribution in [0.1, 0.15) is 52.4 Å². The van der Waals surface area contributed by atoms with E-state index in [1.807, 2.05) is 0 Å². The topological polar surface area (TPSA) is 25.1 Å². The molecule has 0 aromatic carbocycles. The third-order valence-electron chi connectivity index (χ3n) is 3.29. The normalized spacial score (nSPS) is 33.7. The van der Waals surface area contributed by atoms with Gasteiger partial charge in [-0.05, 0) is 12.8 Å². The molecule has 0 amide bonds. The molecule has 2 fully saturated rings. The Morgan fingerprint density at radius 1 is 1.08 bits per heavy atom. The largest absolute Gasteiger partial charge is 0.340 e. The summed E-state index contributed by atoms with van der Waals surface area (Å²) in [4.78, 5) is 0. The van der Waals surface area contributed by atoms with Crippen molar-refractivity contribution in [3.05, 3.63) is 0 Å². The average Bonchev–Trinajstić information content (AvgIpc) is 3.02. The summed E-state index contributed by atoms with van der Waals surface area (Å²) in [6, 6.07) is 0. The van der Waals surface area contributed by atoms with Crippen LogP contribution in [-0.4, -0.2) is 18.0 Å². The Morgan fingerprint density at radius 2 is 1.62 bits per heavy atom. The van der Waals surface area contributed by atoms with Gasteiger partial charge in [0.1, 0.15) is 12.2 Å². The standard InChI is InChI=1S/C11H20O2/c1-3-5-7-10(8-6-4-2)11(13-10)9-12-11/h3-9H2,1-2H3/t11-/m1/s1. The molecule has 2 heteroatoms. The molecular formula is C11H20O2. The molecule has 0 N–H and O–H groups in total. The molecule has 0 aliphatic carbocycles. The van der Waals surface area contributed by atoms with Crippen molar-refractivity contribution in [2.24, 2.45) is 0 Å². The second-order valence-corrected chi connectivity index (χ2v) is 4.35. The van der Waals surface area contributed by atoms with Crippen molar-refractivity contribution in [3.8, 4) is 0 Å². The molecule has 2 saturated heterocycles. The summed E-state index contributed by atoms with van der Waals surface area (Å²) >= 11 is 0. The average molecular weight is 184 g/mol. The summed E-state index contributed by atoms with van der Waals surface area (Å²) in [6.07, 6.45) is 7.46. The molecular weight excluding hydrogens is 164 g/mol. The second kappa shape index (κ2) is 3.25. The smallest absolute Gasteiger partial charge is 0.223 e. The van der Waals surface area contributed by atoms with Gasteiger partial charge in [0.25, 0.3) is 0 Å². The van der Waals surface area contributed by atoms with E-state index >= 15 is 0 Å². The van der Waals surface area contributed by atoms with Crippen LogP contribution >= 0.6 is 0 Å². The van der Waals surface area contributed by atoms with E-state index < -0.39 is 0 Å². The van der Waals surface area contributed by atoms with Crippen LogP contribution in [0.5, 0.6) is 0 Å². The number of hydrogen-bond acceptors (Lipinski definition) is 2. The Labute approximate surface area is 80.6 Å². The highest BCUT2D eigenvalue weighted by molar-refractivity contribution is 5.16. The van der Waals surface area contributed by atoms with Gasteiger partial charge >= 0.3 is 0 Å². The van der Waals surface area contributed by atoms with Crippen LogP contribution in [0.25, 0.3) is 0 Å². The van der Waals surface area contributed by atoms with Crippen LogP contribution < -0.4 is 0 Å². The molecule has 2 rings (SSSR count). The molecule has 0 saturated carbocycles. The zero-order chi connectivity index (χ0) is 9.36. The van der Waals surface area contributed by atoms with Gasteiger partial charge in [0, 0.05) is 0 Å². The maximum absolute atomic E-state index is 5.78. The Kier molecular flexibility index (Phi) is 2.37. The summed E-state index contributed by atoms with van der Waals surface area (Å²) < 4.78 is 11.2. The Hall–Kier alpha value is -0.0800. The molecule has 1 atom stereocenters. The van der Waals surface area contributed by atoms with Crippen LogP contribution in [-0.2, 0) is 9.47 Å². The van der Waals surface area contributed by atoms with E-state index in [9.17, 15) is 0 Å². The first-order chi connectivity index (χ1) is 6.29. The van der Waals surface area contributed by atoms with Gasteiger partial charge in [-0.1, -0.05) is 39.5 Å². The van der Waals surface area contributed by atoms with Crippen LogP contribution in [0.4, 0.5) is 0 Å². The van der Waals surface area contributed by atoms with Crippen LogP contribution in [0.2, 0.25) is 0 Å². The molecule has 2 heterocycles. The fourth-order valence-electron chi connectivity index (χ4n) is 2.21. The van der Waals surface area contributed by atoms with E-state index in [4.69, 9.17) is 9.47 Å². The fourth-order valence-corrected chi connectivity index (χ4v) is 2.21. The maximum atomic E-state index is 5.78. The SMILES string of the molecule is CCCCC1(CCCC)O[C@]12CO2. The molecule has 0 unspecified atom stereocenters. The van der Waals surface area contributed by atoms with E-state index in [1.165, 1.54) is 38.5 Å². The van der Waals surface area contributed by atoms with Crippen molar-refractivity contribution in [2.75, 3.05) is 6.61 Å². The van der Waals surface area contributed by atoms with Gasteiger partial charge in [-0.15, -0.1) is 0 Å². The zero-order valence-corrected chi connectivity index (χ0v) is 8.77. The molecule has 0 radical (unpaired) electrons. The molecule has 0 aromatic rings. The summed E-state index contributed by atoms with van der Waals surface area (Å²) in [5, 5.41) is 0. The number of unbranched alkanes of at least 4 members (excludes halogenated alkanes) is 2. The lowest BCUT2D eigenvalue weighted by Crippen LogP contribution is -2.16. The number of hydrogen-bond donors (Lipinski definition) is 0. The number of ether oxygens (including phenoxy) is 2. The highest BCUT2D eigenvalue weighted by Crippen LogP contribution is 2.62. The first-order valence-electron chi connectivity index (χ1n) is 5.63. The lowest BCUT2D eigenvalue weighted by atomic mass is 9.92. The minimum Gasteiger partial charge on any atom is -0.340 e. The van der Waals surface area contributed by atoms with E-state index in [0.29, 0.717) is 0 Å². The van der Waals surface area contributed by atoms with Crippen molar-refractivity contribution in [3.63, 3.8) is 0 Å². The highest BCUT2D eigenvalue weighted by atomic mass is 16.9. The van der Waals surface area contributed by atoms with Crippen molar-refractivity contribution in [1.29, 1.82) is 0 Å². The monoisotopic (exact) mass is 184 g/mol. The maximum Gasteiger partial charge on any atom is 0.223 e. The van der Waals surface area contributed by atoms with E-state index in [0.717, 1.165) is 6.61 Å². The van der Waals surface area contributed by atoms with E-state index in [-0.39, 0.29) is 11.4 Å². The summed E-state index contributed by atoms with van der Waals surface area (Å²) in [5.41, 5.74) is 0.138. The molecule has 2 nitrogen and oxygen atoms in total.